The summed E-state index contributed by atoms with van der Waals surface area (Å²) in [5, 5.41) is 7.96. The number of thioether (sulfide) groups is 1. The van der Waals surface area contributed by atoms with E-state index < -0.39 is 0 Å². The summed E-state index contributed by atoms with van der Waals surface area (Å²) in [5.74, 6) is 3.15. The average Bonchev–Trinajstić information content (AvgIpc) is 3.63. The second kappa shape index (κ2) is 8.61. The van der Waals surface area contributed by atoms with Gasteiger partial charge in [-0.15, -0.1) is 16.8 Å². The van der Waals surface area contributed by atoms with E-state index in [9.17, 15) is 4.79 Å². The number of hydrogen-bond acceptors (Lipinski definition) is 5. The van der Waals surface area contributed by atoms with Crippen molar-refractivity contribution in [3.63, 3.8) is 0 Å². The normalized spacial score (nSPS) is 24.5. The number of halogens is 1. The molecule has 4 aliphatic heterocycles. The van der Waals surface area contributed by atoms with E-state index in [1.165, 1.54) is 5.70 Å². The Morgan fingerprint density at radius 2 is 1.91 bits per heavy atom. The van der Waals surface area contributed by atoms with E-state index >= 15 is 0 Å². The maximum absolute atomic E-state index is 13.1. The van der Waals surface area contributed by atoms with E-state index in [0.717, 1.165) is 72.1 Å². The summed E-state index contributed by atoms with van der Waals surface area (Å²) < 4.78 is 2.66. The number of fused-ring (bicyclic) bond motifs is 1. The molecule has 0 bridgehead atoms. The van der Waals surface area contributed by atoms with Crippen molar-refractivity contribution < 1.29 is 9.39 Å². The van der Waals surface area contributed by atoms with Gasteiger partial charge in [0.2, 0.25) is 0 Å². The minimum atomic E-state index is 0.201. The molecule has 0 aliphatic carbocycles. The number of piperazine rings is 1. The first-order valence-electron chi connectivity index (χ1n) is 11.7. The number of quaternary nitrogens is 1. The molecule has 2 fully saturated rings. The van der Waals surface area contributed by atoms with Crippen molar-refractivity contribution in [3.05, 3.63) is 76.7 Å². The molecule has 7 nitrogen and oxygen atoms in total. The van der Waals surface area contributed by atoms with Gasteiger partial charge >= 0.3 is 0 Å². The highest BCUT2D eigenvalue weighted by Crippen LogP contribution is 2.38. The fourth-order valence-corrected chi connectivity index (χ4v) is 6.39. The number of benzene rings is 1. The third kappa shape index (κ3) is 3.69. The van der Waals surface area contributed by atoms with Crippen LogP contribution >= 0.6 is 23.4 Å². The van der Waals surface area contributed by atoms with E-state index in [2.05, 4.69) is 40.4 Å². The second-order valence-electron chi connectivity index (χ2n) is 9.17. The van der Waals surface area contributed by atoms with Gasteiger partial charge in [0.05, 0.1) is 35.9 Å². The van der Waals surface area contributed by atoms with Gasteiger partial charge in [0.1, 0.15) is 18.6 Å². The van der Waals surface area contributed by atoms with Crippen LogP contribution in [0.3, 0.4) is 0 Å². The molecule has 2 aromatic rings. The Morgan fingerprint density at radius 1 is 1.12 bits per heavy atom. The lowest BCUT2D eigenvalue weighted by atomic mass is 10.2. The smallest absolute Gasteiger partial charge is 0.256 e. The zero-order valence-electron chi connectivity index (χ0n) is 19.2. The number of nitrogens with zero attached hydrogens (tertiary/aromatic N) is 6. The van der Waals surface area contributed by atoms with Crippen LogP contribution in [0.2, 0.25) is 5.02 Å². The number of anilines is 1. The van der Waals surface area contributed by atoms with Crippen LogP contribution in [0.15, 0.2) is 66.0 Å². The van der Waals surface area contributed by atoms with Crippen molar-refractivity contribution >= 4 is 35.1 Å². The molecule has 1 aromatic carbocycles. The Balaban J connectivity index is 1.18. The highest BCUT2D eigenvalue weighted by Gasteiger charge is 2.48. The molecule has 2 saturated heterocycles. The van der Waals surface area contributed by atoms with Gasteiger partial charge in [0.25, 0.3) is 5.91 Å². The molecular weight excluding hydrogens is 468 g/mol. The van der Waals surface area contributed by atoms with Crippen LogP contribution < -0.4 is 4.90 Å². The summed E-state index contributed by atoms with van der Waals surface area (Å²) in [5.41, 5.74) is 4.13. The molecule has 1 atom stereocenters. The third-order valence-corrected chi connectivity index (χ3v) is 8.28. The molecule has 0 N–H and O–H groups in total. The summed E-state index contributed by atoms with van der Waals surface area (Å²) in [4.78, 5) is 17.5. The molecule has 34 heavy (non-hydrogen) atoms. The van der Waals surface area contributed by atoms with Gasteiger partial charge in [-0.1, -0.05) is 11.6 Å². The van der Waals surface area contributed by atoms with Crippen LogP contribution in [0.4, 0.5) is 5.82 Å². The zero-order chi connectivity index (χ0) is 23.3. The summed E-state index contributed by atoms with van der Waals surface area (Å²) in [6.07, 6.45) is 8.65. The summed E-state index contributed by atoms with van der Waals surface area (Å²) in [6, 6.07) is 9.97. The van der Waals surface area contributed by atoms with E-state index in [1.807, 2.05) is 52.5 Å². The van der Waals surface area contributed by atoms with Gasteiger partial charge in [-0.3, -0.25) is 4.79 Å². The van der Waals surface area contributed by atoms with Crippen molar-refractivity contribution in [1.29, 1.82) is 0 Å². The van der Waals surface area contributed by atoms with Crippen molar-refractivity contribution in [2.75, 3.05) is 55.8 Å². The Hall–Kier alpha value is -2.52. The Labute approximate surface area is 209 Å². The number of rotatable bonds is 4. The van der Waals surface area contributed by atoms with E-state index in [0.29, 0.717) is 11.1 Å². The molecule has 6 rings (SSSR count). The summed E-state index contributed by atoms with van der Waals surface area (Å²) in [7, 11) is 0. The van der Waals surface area contributed by atoms with Crippen LogP contribution in [-0.4, -0.2) is 81.1 Å². The van der Waals surface area contributed by atoms with Gasteiger partial charge in [-0.25, -0.2) is 4.68 Å². The highest BCUT2D eigenvalue weighted by molar-refractivity contribution is 7.99. The molecule has 176 valence electrons. The minimum Gasteiger partial charge on any atom is -0.353 e. The number of allylic oxidation sites excluding steroid dienone is 3. The molecule has 0 unspecified atom stereocenters. The highest BCUT2D eigenvalue weighted by atomic mass is 35.5. The van der Waals surface area contributed by atoms with Crippen molar-refractivity contribution in [2.24, 2.45) is 0 Å². The lowest BCUT2D eigenvalue weighted by Crippen LogP contribution is -2.60. The fourth-order valence-electron chi connectivity index (χ4n) is 5.32. The van der Waals surface area contributed by atoms with Gasteiger partial charge < -0.3 is 9.80 Å². The predicted octanol–water partition coefficient (Wildman–Crippen LogP) is 3.57. The van der Waals surface area contributed by atoms with Crippen molar-refractivity contribution in [2.45, 2.75) is 6.92 Å². The number of carbonyl (C=O) groups excluding carboxylic acids is 1. The SMILES string of the molecule is Cc1cc(N2CCN([N@@+]34C=CC=C3C=C(C(=O)N3CCSC3)C4)CC2)n(-c2ccc(Cl)cc2)n1. The topological polar surface area (TPSA) is 44.6 Å². The first kappa shape index (κ1) is 22.0. The number of carbonyl (C=O) groups is 1. The maximum atomic E-state index is 13.1. The lowest BCUT2D eigenvalue weighted by molar-refractivity contribution is -0.948. The quantitative estimate of drug-likeness (QED) is 0.607. The molecule has 0 spiro atoms. The third-order valence-electron chi connectivity index (χ3n) is 7.06. The number of aromatic nitrogens is 2. The van der Waals surface area contributed by atoms with E-state index in [4.69, 9.17) is 16.7 Å². The standard InChI is InChI=1S/C25H28ClN6OS/c1-19-15-24(31(27-19)22-6-4-21(26)5-7-22)28-8-10-30(11-9-28)32-13-2-3-23(32)16-20(17-32)25(33)29-12-14-34-18-29/h2-7,13,15-16H,8-12,14,17-18H2,1H3/q+1/t32-/m1/s1. The number of aryl methyl sites for hydroxylation is 1. The number of hydrogen-bond donors (Lipinski definition) is 0. The Bertz CT molecular complexity index is 1200. The predicted molar refractivity (Wildman–Crippen MR) is 137 cm³/mol. The first-order valence-corrected chi connectivity index (χ1v) is 13.3. The summed E-state index contributed by atoms with van der Waals surface area (Å²) >= 11 is 7.93. The van der Waals surface area contributed by atoms with Crippen LogP contribution in [0.25, 0.3) is 5.69 Å². The van der Waals surface area contributed by atoms with Gasteiger partial charge in [0.15, 0.2) is 5.70 Å². The molecule has 1 amide bonds. The average molecular weight is 496 g/mol. The molecular formula is C25H28ClN6OS+. The molecule has 9 heteroatoms. The molecule has 0 radical (unpaired) electrons. The van der Waals surface area contributed by atoms with Gasteiger partial charge in [-0.05, 0) is 37.3 Å². The van der Waals surface area contributed by atoms with Gasteiger partial charge in [-0.2, -0.15) is 9.69 Å². The van der Waals surface area contributed by atoms with Crippen LogP contribution in [0.5, 0.6) is 0 Å². The monoisotopic (exact) mass is 495 g/mol. The van der Waals surface area contributed by atoms with Crippen LogP contribution in [-0.2, 0) is 4.79 Å². The molecule has 1 aromatic heterocycles. The Kier molecular flexibility index (Phi) is 5.56. The zero-order valence-corrected chi connectivity index (χ0v) is 20.8. The van der Waals surface area contributed by atoms with Crippen LogP contribution in [0, 0.1) is 6.92 Å². The van der Waals surface area contributed by atoms with Gasteiger partial charge in [0, 0.05) is 48.6 Å². The lowest BCUT2D eigenvalue weighted by Gasteiger charge is -2.44. The fraction of sp³-hybridized carbons (Fsp3) is 0.360. The minimum absolute atomic E-state index is 0.201. The Morgan fingerprint density at radius 3 is 2.65 bits per heavy atom. The molecule has 4 aliphatic rings. The van der Waals surface area contributed by atoms with Crippen LogP contribution in [0.1, 0.15) is 5.69 Å². The maximum Gasteiger partial charge on any atom is 0.256 e. The van der Waals surface area contributed by atoms with E-state index in [1.54, 1.807) is 0 Å². The largest absolute Gasteiger partial charge is 0.353 e. The van der Waals surface area contributed by atoms with Crippen molar-refractivity contribution in [3.8, 4) is 5.69 Å². The van der Waals surface area contributed by atoms with E-state index in [-0.39, 0.29) is 5.91 Å². The molecule has 5 heterocycles. The van der Waals surface area contributed by atoms with Crippen molar-refractivity contribution in [1.82, 2.24) is 19.7 Å². The first-order chi connectivity index (χ1) is 16.5. The second-order valence-corrected chi connectivity index (χ2v) is 10.7. The summed E-state index contributed by atoms with van der Waals surface area (Å²) in [6.45, 7) is 7.20. The number of amides is 1. The molecule has 0 saturated carbocycles.